The molecular weight excluding hydrogens is 276 g/mol. The van der Waals surface area contributed by atoms with Gasteiger partial charge in [-0.15, -0.1) is 0 Å². The van der Waals surface area contributed by atoms with E-state index in [1.807, 2.05) is 36.4 Å². The summed E-state index contributed by atoms with van der Waals surface area (Å²) in [6, 6.07) is 16.0. The van der Waals surface area contributed by atoms with E-state index in [1.54, 1.807) is 0 Å². The quantitative estimate of drug-likeness (QED) is 0.869. The standard InChI is InChI=1S/C18H18N2O2/c1-20(12-15-4-2-3-14(9-15)11-19)13-16-5-6-17-18(10-16)22-8-7-21-17/h2-6,9-10H,7-8,12-13H2,1H3. The maximum Gasteiger partial charge on any atom is 0.161 e. The van der Waals surface area contributed by atoms with E-state index in [2.05, 4.69) is 24.1 Å². The van der Waals surface area contributed by atoms with Crippen molar-refractivity contribution in [1.29, 1.82) is 5.26 Å². The van der Waals surface area contributed by atoms with Crippen molar-refractivity contribution >= 4 is 0 Å². The lowest BCUT2D eigenvalue weighted by atomic mass is 10.1. The summed E-state index contributed by atoms with van der Waals surface area (Å²) in [5, 5.41) is 8.95. The number of ether oxygens (including phenoxy) is 2. The van der Waals surface area contributed by atoms with E-state index in [1.165, 1.54) is 5.56 Å². The van der Waals surface area contributed by atoms with Gasteiger partial charge in [0.25, 0.3) is 0 Å². The van der Waals surface area contributed by atoms with Crippen LogP contribution < -0.4 is 9.47 Å². The number of hydrogen-bond acceptors (Lipinski definition) is 4. The fraction of sp³-hybridized carbons (Fsp3) is 0.278. The summed E-state index contributed by atoms with van der Waals surface area (Å²) in [6.07, 6.45) is 0. The minimum atomic E-state index is 0.604. The smallest absolute Gasteiger partial charge is 0.161 e. The summed E-state index contributed by atoms with van der Waals surface area (Å²) >= 11 is 0. The number of benzene rings is 2. The molecule has 0 bridgehead atoms. The van der Waals surface area contributed by atoms with Gasteiger partial charge in [-0.1, -0.05) is 18.2 Å². The van der Waals surface area contributed by atoms with Crippen LogP contribution in [-0.4, -0.2) is 25.2 Å². The molecule has 4 heteroatoms. The normalized spacial score (nSPS) is 13.0. The van der Waals surface area contributed by atoms with Crippen LogP contribution in [0.15, 0.2) is 42.5 Å². The first kappa shape index (κ1) is 14.4. The number of hydrogen-bond donors (Lipinski definition) is 0. The van der Waals surface area contributed by atoms with Crippen molar-refractivity contribution in [3.8, 4) is 17.6 Å². The van der Waals surface area contributed by atoms with Crippen LogP contribution in [0, 0.1) is 11.3 Å². The third-order valence-electron chi connectivity index (χ3n) is 3.57. The third kappa shape index (κ3) is 3.38. The van der Waals surface area contributed by atoms with E-state index < -0.39 is 0 Å². The molecule has 0 saturated heterocycles. The molecule has 1 aliphatic rings. The van der Waals surface area contributed by atoms with Crippen molar-refractivity contribution in [3.05, 3.63) is 59.2 Å². The second-order valence-electron chi connectivity index (χ2n) is 5.46. The van der Waals surface area contributed by atoms with Crippen molar-refractivity contribution in [2.75, 3.05) is 20.3 Å². The Morgan fingerprint density at radius 1 is 1.00 bits per heavy atom. The SMILES string of the molecule is CN(Cc1cccc(C#N)c1)Cc1ccc2c(c1)OCCO2. The Kier molecular flexibility index (Phi) is 4.27. The lowest BCUT2D eigenvalue weighted by Crippen LogP contribution is -2.18. The summed E-state index contributed by atoms with van der Waals surface area (Å²) in [7, 11) is 2.07. The second kappa shape index (κ2) is 6.50. The first-order valence-electron chi connectivity index (χ1n) is 7.31. The molecule has 0 N–H and O–H groups in total. The topological polar surface area (TPSA) is 45.5 Å². The molecule has 0 aromatic heterocycles. The van der Waals surface area contributed by atoms with E-state index in [0.29, 0.717) is 18.8 Å². The second-order valence-corrected chi connectivity index (χ2v) is 5.46. The Morgan fingerprint density at radius 2 is 1.73 bits per heavy atom. The predicted molar refractivity (Wildman–Crippen MR) is 83.8 cm³/mol. The molecule has 0 radical (unpaired) electrons. The van der Waals surface area contributed by atoms with Crippen molar-refractivity contribution in [1.82, 2.24) is 4.90 Å². The summed E-state index contributed by atoms with van der Waals surface area (Å²) in [6.45, 7) is 2.83. The van der Waals surface area contributed by atoms with Crippen molar-refractivity contribution in [2.24, 2.45) is 0 Å². The summed E-state index contributed by atoms with van der Waals surface area (Å²) in [4.78, 5) is 2.21. The molecule has 2 aromatic carbocycles. The fourth-order valence-corrected chi connectivity index (χ4v) is 2.60. The number of nitrogens with zero attached hydrogens (tertiary/aromatic N) is 2. The van der Waals surface area contributed by atoms with Crippen LogP contribution in [0.25, 0.3) is 0 Å². The summed E-state index contributed by atoms with van der Waals surface area (Å²) in [5.74, 6) is 1.64. The van der Waals surface area contributed by atoms with Gasteiger partial charge in [0, 0.05) is 13.1 Å². The highest BCUT2D eigenvalue weighted by molar-refractivity contribution is 5.43. The minimum absolute atomic E-state index is 0.604. The van der Waals surface area contributed by atoms with Gasteiger partial charge in [0.15, 0.2) is 11.5 Å². The van der Waals surface area contributed by atoms with Crippen LogP contribution in [0.1, 0.15) is 16.7 Å². The Bertz CT molecular complexity index is 706. The van der Waals surface area contributed by atoms with Gasteiger partial charge in [0.1, 0.15) is 13.2 Å². The van der Waals surface area contributed by atoms with Crippen molar-refractivity contribution in [3.63, 3.8) is 0 Å². The first-order chi connectivity index (χ1) is 10.7. The van der Waals surface area contributed by atoms with Crippen LogP contribution in [0.4, 0.5) is 0 Å². The molecular formula is C18H18N2O2. The highest BCUT2D eigenvalue weighted by Crippen LogP contribution is 2.31. The molecule has 0 saturated carbocycles. The molecule has 0 spiro atoms. The molecule has 22 heavy (non-hydrogen) atoms. The first-order valence-corrected chi connectivity index (χ1v) is 7.31. The van der Waals surface area contributed by atoms with E-state index in [4.69, 9.17) is 14.7 Å². The van der Waals surface area contributed by atoms with Crippen LogP contribution in [0.5, 0.6) is 11.5 Å². The Hall–Kier alpha value is -2.51. The largest absolute Gasteiger partial charge is 0.486 e. The van der Waals surface area contributed by atoms with Gasteiger partial charge in [0.05, 0.1) is 11.6 Å². The molecule has 1 heterocycles. The van der Waals surface area contributed by atoms with Gasteiger partial charge in [-0.05, 0) is 42.4 Å². The number of rotatable bonds is 4. The third-order valence-corrected chi connectivity index (χ3v) is 3.57. The molecule has 3 rings (SSSR count). The Labute approximate surface area is 130 Å². The zero-order chi connectivity index (χ0) is 15.4. The van der Waals surface area contributed by atoms with Crippen molar-refractivity contribution in [2.45, 2.75) is 13.1 Å². The van der Waals surface area contributed by atoms with E-state index in [-0.39, 0.29) is 0 Å². The summed E-state index contributed by atoms with van der Waals surface area (Å²) < 4.78 is 11.2. The summed E-state index contributed by atoms with van der Waals surface area (Å²) in [5.41, 5.74) is 3.02. The molecule has 4 nitrogen and oxygen atoms in total. The zero-order valence-corrected chi connectivity index (χ0v) is 12.6. The lowest BCUT2D eigenvalue weighted by molar-refractivity contribution is 0.171. The predicted octanol–water partition coefficient (Wildman–Crippen LogP) is 2.96. The molecule has 2 aromatic rings. The molecule has 0 aliphatic carbocycles. The zero-order valence-electron chi connectivity index (χ0n) is 12.6. The maximum atomic E-state index is 8.95. The fourth-order valence-electron chi connectivity index (χ4n) is 2.60. The monoisotopic (exact) mass is 294 g/mol. The lowest BCUT2D eigenvalue weighted by Gasteiger charge is -2.21. The highest BCUT2D eigenvalue weighted by Gasteiger charge is 2.12. The molecule has 1 aliphatic heterocycles. The van der Waals surface area contributed by atoms with Crippen molar-refractivity contribution < 1.29 is 9.47 Å². The van der Waals surface area contributed by atoms with Gasteiger partial charge >= 0.3 is 0 Å². The van der Waals surface area contributed by atoms with Gasteiger partial charge in [-0.3, -0.25) is 4.90 Å². The molecule has 0 fully saturated rings. The van der Waals surface area contributed by atoms with Crippen LogP contribution in [0.3, 0.4) is 0 Å². The Morgan fingerprint density at radius 3 is 2.50 bits per heavy atom. The average Bonchev–Trinajstić information content (AvgIpc) is 2.55. The van der Waals surface area contributed by atoms with Gasteiger partial charge in [-0.25, -0.2) is 0 Å². The van der Waals surface area contributed by atoms with Gasteiger partial charge in [0.2, 0.25) is 0 Å². The average molecular weight is 294 g/mol. The van der Waals surface area contributed by atoms with Crippen LogP contribution in [-0.2, 0) is 13.1 Å². The number of nitriles is 1. The molecule has 0 unspecified atom stereocenters. The van der Waals surface area contributed by atoms with E-state index >= 15 is 0 Å². The maximum absolute atomic E-state index is 8.95. The highest BCUT2D eigenvalue weighted by atomic mass is 16.6. The van der Waals surface area contributed by atoms with E-state index in [9.17, 15) is 0 Å². The minimum Gasteiger partial charge on any atom is -0.486 e. The molecule has 112 valence electrons. The van der Waals surface area contributed by atoms with E-state index in [0.717, 1.165) is 30.2 Å². The van der Waals surface area contributed by atoms with Crippen LogP contribution >= 0.6 is 0 Å². The van der Waals surface area contributed by atoms with Crippen LogP contribution in [0.2, 0.25) is 0 Å². The number of fused-ring (bicyclic) bond motifs is 1. The molecule has 0 atom stereocenters. The van der Waals surface area contributed by atoms with Gasteiger partial charge in [-0.2, -0.15) is 5.26 Å². The van der Waals surface area contributed by atoms with Gasteiger partial charge < -0.3 is 9.47 Å². The molecule has 0 amide bonds. The Balaban J connectivity index is 1.66.